The number of methoxy groups -OCH3 is 1. The van der Waals surface area contributed by atoms with Crippen molar-refractivity contribution in [3.05, 3.63) is 23.8 Å². The molecule has 0 saturated carbocycles. The molecule has 0 saturated heterocycles. The lowest BCUT2D eigenvalue weighted by Gasteiger charge is -2.13. The van der Waals surface area contributed by atoms with Crippen molar-refractivity contribution in [2.24, 2.45) is 0 Å². The van der Waals surface area contributed by atoms with Crippen molar-refractivity contribution in [2.45, 2.75) is 29.0 Å². The second-order valence-corrected chi connectivity index (χ2v) is 8.45. The Hall–Kier alpha value is -1.32. The summed E-state index contributed by atoms with van der Waals surface area (Å²) in [6, 6.07) is 4.81. The number of thioether (sulfide) groups is 1. The quantitative estimate of drug-likeness (QED) is 0.798. The van der Waals surface area contributed by atoms with Gasteiger partial charge < -0.3 is 4.74 Å². The fourth-order valence-corrected chi connectivity index (χ4v) is 4.27. The Kier molecular flexibility index (Phi) is 5.30. The number of nitrogens with zero attached hydrogens (tertiary/aromatic N) is 2. The third kappa shape index (κ3) is 3.71. The zero-order valence-corrected chi connectivity index (χ0v) is 15.1. The van der Waals surface area contributed by atoms with E-state index in [2.05, 4.69) is 14.9 Å². The van der Waals surface area contributed by atoms with Gasteiger partial charge in [0.05, 0.1) is 12.0 Å². The molecule has 1 N–H and O–H groups in total. The molecular formula is C13H17N3O3S3. The van der Waals surface area contributed by atoms with Crippen LogP contribution in [0.3, 0.4) is 0 Å². The first kappa shape index (κ1) is 17.0. The minimum Gasteiger partial charge on any atom is -0.496 e. The molecule has 0 bridgehead atoms. The number of hydrogen-bond acceptors (Lipinski definition) is 7. The maximum atomic E-state index is 12.5. The lowest BCUT2D eigenvalue weighted by molar-refractivity contribution is 0.407. The Morgan fingerprint density at radius 1 is 1.32 bits per heavy atom. The van der Waals surface area contributed by atoms with Crippen LogP contribution in [0.25, 0.3) is 0 Å². The van der Waals surface area contributed by atoms with Gasteiger partial charge in [0.1, 0.15) is 5.75 Å². The molecule has 1 heterocycles. The van der Waals surface area contributed by atoms with E-state index in [1.165, 1.54) is 29.2 Å². The molecular weight excluding hydrogens is 342 g/mol. The number of anilines is 1. The first-order chi connectivity index (χ1) is 10.4. The van der Waals surface area contributed by atoms with Crippen LogP contribution in [-0.4, -0.2) is 32.0 Å². The van der Waals surface area contributed by atoms with E-state index in [0.717, 1.165) is 5.56 Å². The van der Waals surface area contributed by atoms with Gasteiger partial charge in [-0.3, -0.25) is 4.72 Å². The van der Waals surface area contributed by atoms with Crippen molar-refractivity contribution in [2.75, 3.05) is 18.1 Å². The van der Waals surface area contributed by atoms with Crippen LogP contribution in [0.2, 0.25) is 0 Å². The van der Waals surface area contributed by atoms with Crippen LogP contribution in [0.15, 0.2) is 27.4 Å². The smallest absolute Gasteiger partial charge is 0.263 e. The van der Waals surface area contributed by atoms with Gasteiger partial charge in [0, 0.05) is 0 Å². The molecule has 2 rings (SSSR count). The zero-order valence-electron chi connectivity index (χ0n) is 12.7. The molecule has 0 unspecified atom stereocenters. The van der Waals surface area contributed by atoms with Crippen molar-refractivity contribution in [1.29, 1.82) is 0 Å². The SMILES string of the molecule is COc1ccc(S(=O)(=O)Nc2nnc(SC)s2)cc1C(C)C. The first-order valence-electron chi connectivity index (χ1n) is 6.45. The molecule has 2 aromatic rings. The molecule has 120 valence electrons. The summed E-state index contributed by atoms with van der Waals surface area (Å²) in [6.07, 6.45) is 1.86. The molecule has 0 fully saturated rings. The van der Waals surface area contributed by atoms with Gasteiger partial charge in [-0.1, -0.05) is 36.9 Å². The lowest BCUT2D eigenvalue weighted by Crippen LogP contribution is -2.13. The molecule has 0 aliphatic heterocycles. The van der Waals surface area contributed by atoms with Gasteiger partial charge in [-0.05, 0) is 35.9 Å². The molecule has 0 aliphatic rings. The van der Waals surface area contributed by atoms with Gasteiger partial charge in [-0.15, -0.1) is 10.2 Å². The fraction of sp³-hybridized carbons (Fsp3) is 0.385. The van der Waals surface area contributed by atoms with Crippen LogP contribution in [-0.2, 0) is 10.0 Å². The number of hydrogen-bond donors (Lipinski definition) is 1. The van der Waals surface area contributed by atoms with E-state index in [0.29, 0.717) is 10.1 Å². The Labute approximate surface area is 138 Å². The minimum absolute atomic E-state index is 0.148. The van der Waals surface area contributed by atoms with E-state index in [1.54, 1.807) is 19.2 Å². The summed E-state index contributed by atoms with van der Waals surface area (Å²) in [6.45, 7) is 3.97. The predicted molar refractivity (Wildman–Crippen MR) is 89.6 cm³/mol. The fourth-order valence-electron chi connectivity index (χ4n) is 1.84. The van der Waals surface area contributed by atoms with Crippen LogP contribution < -0.4 is 9.46 Å². The number of nitrogens with one attached hydrogen (secondary N) is 1. The molecule has 0 aliphatic carbocycles. The van der Waals surface area contributed by atoms with Crippen molar-refractivity contribution >= 4 is 38.3 Å². The molecule has 0 amide bonds. The van der Waals surface area contributed by atoms with E-state index < -0.39 is 10.0 Å². The van der Waals surface area contributed by atoms with Crippen molar-refractivity contribution in [1.82, 2.24) is 10.2 Å². The molecule has 1 aromatic heterocycles. The molecule has 0 spiro atoms. The first-order valence-corrected chi connectivity index (χ1v) is 9.98. The molecule has 0 atom stereocenters. The van der Waals surface area contributed by atoms with Crippen LogP contribution in [0.5, 0.6) is 5.75 Å². The van der Waals surface area contributed by atoms with E-state index in [4.69, 9.17) is 4.74 Å². The molecule has 0 radical (unpaired) electrons. The summed E-state index contributed by atoms with van der Waals surface area (Å²) in [5.41, 5.74) is 0.840. The summed E-state index contributed by atoms with van der Waals surface area (Å²) >= 11 is 2.61. The Morgan fingerprint density at radius 2 is 2.05 bits per heavy atom. The summed E-state index contributed by atoms with van der Waals surface area (Å²) in [5, 5.41) is 7.95. The minimum atomic E-state index is -3.70. The Balaban J connectivity index is 2.34. The molecule has 1 aromatic carbocycles. The van der Waals surface area contributed by atoms with Gasteiger partial charge >= 0.3 is 0 Å². The summed E-state index contributed by atoms with van der Waals surface area (Å²) in [4.78, 5) is 0.179. The predicted octanol–water partition coefficient (Wildman–Crippen LogP) is 3.19. The highest BCUT2D eigenvalue weighted by Gasteiger charge is 2.19. The number of sulfonamides is 1. The van der Waals surface area contributed by atoms with Gasteiger partial charge in [-0.2, -0.15) is 0 Å². The van der Waals surface area contributed by atoms with Crippen LogP contribution in [0.4, 0.5) is 5.13 Å². The van der Waals surface area contributed by atoms with Crippen LogP contribution in [0, 0.1) is 0 Å². The topological polar surface area (TPSA) is 81.2 Å². The van der Waals surface area contributed by atoms with Crippen LogP contribution in [0.1, 0.15) is 25.3 Å². The average molecular weight is 359 g/mol. The standard InChI is InChI=1S/C13H17N3O3S3/c1-8(2)10-7-9(5-6-11(10)19-3)22(17,18)16-12-14-15-13(20-4)21-12/h5-8H,1-4H3,(H,14,16). The summed E-state index contributed by atoms with van der Waals surface area (Å²) < 4.78 is 33.3. The maximum Gasteiger partial charge on any atom is 0.263 e. The van der Waals surface area contributed by atoms with E-state index in [9.17, 15) is 8.42 Å². The van der Waals surface area contributed by atoms with E-state index >= 15 is 0 Å². The second-order valence-electron chi connectivity index (χ2n) is 4.74. The zero-order chi connectivity index (χ0) is 16.3. The largest absolute Gasteiger partial charge is 0.496 e. The molecule has 9 heteroatoms. The third-order valence-corrected chi connectivity index (χ3v) is 6.22. The molecule has 22 heavy (non-hydrogen) atoms. The number of ether oxygens (including phenoxy) is 1. The normalized spacial score (nSPS) is 11.7. The van der Waals surface area contributed by atoms with E-state index in [1.807, 2.05) is 20.1 Å². The van der Waals surface area contributed by atoms with Gasteiger partial charge in [0.25, 0.3) is 10.0 Å². The highest BCUT2D eigenvalue weighted by Crippen LogP contribution is 2.30. The highest BCUT2D eigenvalue weighted by molar-refractivity contribution is 8.00. The second kappa shape index (κ2) is 6.84. The van der Waals surface area contributed by atoms with Crippen molar-refractivity contribution in [3.8, 4) is 5.75 Å². The van der Waals surface area contributed by atoms with Gasteiger partial charge in [0.15, 0.2) is 4.34 Å². The van der Waals surface area contributed by atoms with Gasteiger partial charge in [-0.25, -0.2) is 8.42 Å². The molecule has 6 nitrogen and oxygen atoms in total. The maximum absolute atomic E-state index is 12.5. The van der Waals surface area contributed by atoms with E-state index in [-0.39, 0.29) is 15.9 Å². The highest BCUT2D eigenvalue weighted by atomic mass is 32.2. The number of benzene rings is 1. The summed E-state index contributed by atoms with van der Waals surface area (Å²) in [5.74, 6) is 0.823. The summed E-state index contributed by atoms with van der Waals surface area (Å²) in [7, 11) is -2.13. The van der Waals surface area contributed by atoms with Crippen molar-refractivity contribution < 1.29 is 13.2 Å². The lowest BCUT2D eigenvalue weighted by atomic mass is 10.0. The average Bonchev–Trinajstić information content (AvgIpc) is 2.93. The van der Waals surface area contributed by atoms with Crippen molar-refractivity contribution in [3.63, 3.8) is 0 Å². The Morgan fingerprint density at radius 3 is 2.59 bits per heavy atom. The van der Waals surface area contributed by atoms with Gasteiger partial charge in [0.2, 0.25) is 5.13 Å². The number of aromatic nitrogens is 2. The third-order valence-electron chi connectivity index (χ3n) is 2.94. The Bertz CT molecular complexity index is 757. The monoisotopic (exact) mass is 359 g/mol. The number of rotatable bonds is 6. The van der Waals surface area contributed by atoms with Crippen LogP contribution >= 0.6 is 23.1 Å².